The minimum Gasteiger partial charge on any atom is -0.465 e. The molecule has 0 spiro atoms. The van der Waals surface area contributed by atoms with Crippen molar-refractivity contribution < 1.29 is 29.1 Å². The molecule has 1 aliphatic heterocycles. The number of carbonyl (C=O) groups excluding carboxylic acids is 3. The Kier molecular flexibility index (Phi) is 12.4. The molecule has 244 valence electrons. The Labute approximate surface area is 270 Å². The Hall–Kier alpha value is -4.55. The van der Waals surface area contributed by atoms with E-state index in [1.807, 2.05) is 62.4 Å². The third-order valence-corrected chi connectivity index (χ3v) is 8.09. The van der Waals surface area contributed by atoms with Crippen LogP contribution in [-0.2, 0) is 14.4 Å². The molecule has 11 nitrogen and oxygen atoms in total. The zero-order valence-corrected chi connectivity index (χ0v) is 26.9. The van der Waals surface area contributed by atoms with Gasteiger partial charge in [-0.05, 0) is 66.9 Å². The number of hydrogen-bond donors (Lipinski definition) is 3. The lowest BCUT2D eigenvalue weighted by atomic mass is 9.95. The molecule has 4 rings (SSSR count). The highest BCUT2D eigenvalue weighted by atomic mass is 16.7. The molecule has 3 aromatic rings. The van der Waals surface area contributed by atoms with Crippen molar-refractivity contribution in [1.82, 2.24) is 14.9 Å². The highest BCUT2D eigenvalue weighted by Crippen LogP contribution is 2.34. The second-order valence-electron chi connectivity index (χ2n) is 11.1. The summed E-state index contributed by atoms with van der Waals surface area (Å²) in [6, 6.07) is 20.4. The molecule has 1 heterocycles. The molecule has 1 fully saturated rings. The first kappa shape index (κ1) is 34.3. The van der Waals surface area contributed by atoms with Crippen LogP contribution in [0.1, 0.15) is 44.3 Å². The summed E-state index contributed by atoms with van der Waals surface area (Å²) in [5.41, 5.74) is 6.06. The van der Waals surface area contributed by atoms with E-state index < -0.39 is 5.97 Å². The van der Waals surface area contributed by atoms with E-state index in [0.29, 0.717) is 41.9 Å². The Balaban J connectivity index is 1.49. The molecule has 3 N–H and O–H groups in total. The number of nitrogens with zero attached hydrogens (tertiary/aromatic N) is 3. The number of rotatable bonds is 14. The van der Waals surface area contributed by atoms with E-state index in [0.717, 1.165) is 60.8 Å². The maximum absolute atomic E-state index is 13.1. The van der Waals surface area contributed by atoms with E-state index in [-0.39, 0.29) is 12.5 Å². The van der Waals surface area contributed by atoms with Crippen LogP contribution in [0.5, 0.6) is 0 Å². The number of allylic oxidation sites excluding steroid dienone is 1. The number of carbonyl (C=O) groups is 3. The molecule has 46 heavy (non-hydrogen) atoms. The van der Waals surface area contributed by atoms with Gasteiger partial charge in [-0.25, -0.2) is 9.86 Å². The highest BCUT2D eigenvalue weighted by Gasteiger charge is 2.19. The van der Waals surface area contributed by atoms with Gasteiger partial charge in [0.25, 0.3) is 5.91 Å². The van der Waals surface area contributed by atoms with Gasteiger partial charge in [-0.15, -0.1) is 0 Å². The van der Waals surface area contributed by atoms with E-state index >= 15 is 0 Å². The van der Waals surface area contributed by atoms with Crippen molar-refractivity contribution in [3.05, 3.63) is 94.5 Å². The zero-order valence-electron chi connectivity index (χ0n) is 26.9. The predicted octanol–water partition coefficient (Wildman–Crippen LogP) is 3.96. The Morgan fingerprint density at radius 1 is 0.935 bits per heavy atom. The number of β-amino-alcohol motifs (C(OH)–C–C–N with tert-alkyl or cyclic N) is 1. The average molecular weight is 630 g/mol. The smallest absolute Gasteiger partial charge is 0.338 e. The lowest BCUT2D eigenvalue weighted by Gasteiger charge is -2.34. The molecule has 11 heteroatoms. The largest absolute Gasteiger partial charge is 0.465 e. The third-order valence-electron chi connectivity index (χ3n) is 8.09. The van der Waals surface area contributed by atoms with Gasteiger partial charge in [-0.1, -0.05) is 30.3 Å². The summed E-state index contributed by atoms with van der Waals surface area (Å²) >= 11 is 0. The number of aliphatic hydroxyl groups is 1. The van der Waals surface area contributed by atoms with E-state index in [1.165, 1.54) is 12.2 Å². The van der Waals surface area contributed by atoms with Crippen LogP contribution in [0.15, 0.2) is 66.7 Å². The highest BCUT2D eigenvalue weighted by molar-refractivity contribution is 6.01. The molecule has 0 aliphatic carbocycles. The van der Waals surface area contributed by atoms with Gasteiger partial charge in [0.1, 0.15) is 0 Å². The Morgan fingerprint density at radius 2 is 1.59 bits per heavy atom. The summed E-state index contributed by atoms with van der Waals surface area (Å²) in [6.45, 7) is 9.38. The molecule has 0 aromatic heterocycles. The zero-order chi connectivity index (χ0) is 33.1. The molecule has 2 amide bonds. The summed E-state index contributed by atoms with van der Waals surface area (Å²) < 4.78 is 4.92. The van der Waals surface area contributed by atoms with Crippen molar-refractivity contribution in [1.29, 1.82) is 0 Å². The van der Waals surface area contributed by atoms with Gasteiger partial charge in [0.15, 0.2) is 0 Å². The minimum absolute atomic E-state index is 0.173. The molecule has 3 aromatic carbocycles. The third kappa shape index (κ3) is 8.79. The van der Waals surface area contributed by atoms with Crippen LogP contribution in [0.3, 0.4) is 0 Å². The number of benzene rings is 3. The molecule has 0 atom stereocenters. The number of amides is 2. The fourth-order valence-corrected chi connectivity index (χ4v) is 5.42. The summed E-state index contributed by atoms with van der Waals surface area (Å²) in [5, 5.41) is 16.6. The second-order valence-corrected chi connectivity index (χ2v) is 11.1. The number of aliphatic hydroxyl groups excluding tert-OH is 1. The summed E-state index contributed by atoms with van der Waals surface area (Å²) in [7, 11) is 2.94. The molecule has 1 saturated heterocycles. The molecular formula is C35H43N5O6. The number of aryl methyl sites for hydroxylation is 1. The molecule has 0 unspecified atom stereocenters. The fourth-order valence-electron chi connectivity index (χ4n) is 5.42. The number of nitrogens with one attached hydrogen (secondary N) is 2. The summed E-state index contributed by atoms with van der Waals surface area (Å²) in [5.74, 6) is -0.736. The first-order valence-electron chi connectivity index (χ1n) is 15.3. The van der Waals surface area contributed by atoms with Gasteiger partial charge in [0.2, 0.25) is 6.41 Å². The van der Waals surface area contributed by atoms with Gasteiger partial charge in [-0.2, -0.15) is 0 Å². The maximum Gasteiger partial charge on any atom is 0.338 e. The van der Waals surface area contributed by atoms with E-state index in [4.69, 9.17) is 14.7 Å². The molecule has 1 aliphatic rings. The number of methoxy groups -OCH3 is 1. The molecule has 0 saturated carbocycles. The van der Waals surface area contributed by atoms with Gasteiger partial charge in [0.05, 0.1) is 25.9 Å². The number of hydroxylamine groups is 2. The van der Waals surface area contributed by atoms with Gasteiger partial charge < -0.3 is 20.5 Å². The number of esters is 1. The number of hydrogen-bond acceptors (Lipinski definition) is 9. The van der Waals surface area contributed by atoms with Crippen LogP contribution in [-0.4, -0.2) is 105 Å². The monoisotopic (exact) mass is 629 g/mol. The Morgan fingerprint density at radius 3 is 2.20 bits per heavy atom. The quantitative estimate of drug-likeness (QED) is 0.105. The van der Waals surface area contributed by atoms with Crippen molar-refractivity contribution >= 4 is 40.9 Å². The Bertz CT molecular complexity index is 1520. The summed E-state index contributed by atoms with van der Waals surface area (Å²) in [6.07, 6.45) is 0.579. The van der Waals surface area contributed by atoms with Gasteiger partial charge >= 0.3 is 5.97 Å². The predicted molar refractivity (Wildman–Crippen MR) is 179 cm³/mol. The number of piperazine rings is 1. The van der Waals surface area contributed by atoms with E-state index in [1.54, 1.807) is 25.2 Å². The van der Waals surface area contributed by atoms with Crippen LogP contribution < -0.4 is 10.6 Å². The van der Waals surface area contributed by atoms with Crippen LogP contribution in [0, 0.1) is 6.92 Å². The van der Waals surface area contributed by atoms with Gasteiger partial charge in [0, 0.05) is 74.5 Å². The lowest BCUT2D eigenvalue weighted by molar-refractivity contribution is -0.111. The topological polar surface area (TPSA) is 124 Å². The second kappa shape index (κ2) is 16.7. The van der Waals surface area contributed by atoms with Crippen molar-refractivity contribution in [3.63, 3.8) is 0 Å². The minimum atomic E-state index is -0.486. The van der Waals surface area contributed by atoms with Gasteiger partial charge in [-0.3, -0.25) is 24.2 Å². The van der Waals surface area contributed by atoms with E-state index in [2.05, 4.69) is 20.4 Å². The molecule has 0 bridgehead atoms. The van der Waals surface area contributed by atoms with Crippen molar-refractivity contribution in [2.75, 3.05) is 77.3 Å². The SMILES string of the molecule is COC(=O)c1cc(NC=O)c(/C(C)=C(/Nc2ccc(C(=O)N(C)OCCN3CCN(CCO)CC3)cc2)c2ccccc2)cc1C. The first-order chi connectivity index (χ1) is 22.2. The average Bonchev–Trinajstić information content (AvgIpc) is 3.08. The van der Waals surface area contributed by atoms with Crippen LogP contribution in [0.25, 0.3) is 11.3 Å². The summed E-state index contributed by atoms with van der Waals surface area (Å²) in [4.78, 5) is 47.2. The lowest BCUT2D eigenvalue weighted by Crippen LogP contribution is -2.48. The number of anilines is 2. The normalized spacial score (nSPS) is 14.3. The molecule has 0 radical (unpaired) electrons. The molecular weight excluding hydrogens is 586 g/mol. The van der Waals surface area contributed by atoms with E-state index in [9.17, 15) is 14.4 Å². The first-order valence-corrected chi connectivity index (χ1v) is 15.3. The van der Waals surface area contributed by atoms with Crippen LogP contribution in [0.4, 0.5) is 11.4 Å². The standard InChI is InChI=1S/C35H43N5O6/c1-25-22-31(32(36-24-42)23-30(25)35(44)45-4)26(2)33(27-8-6-5-7-9-27)37-29-12-10-28(11-13-29)34(43)38(3)46-21-19-40-16-14-39(15-17-40)18-20-41/h5-13,22-24,37,41H,14-21H2,1-4H3,(H,36,42)/b33-26+. The van der Waals surface area contributed by atoms with Crippen LogP contribution >= 0.6 is 0 Å². The maximum atomic E-state index is 13.1. The van der Waals surface area contributed by atoms with Crippen LogP contribution in [0.2, 0.25) is 0 Å². The van der Waals surface area contributed by atoms with Crippen molar-refractivity contribution in [2.45, 2.75) is 13.8 Å². The van der Waals surface area contributed by atoms with Crippen molar-refractivity contribution in [2.24, 2.45) is 0 Å². The fraction of sp³-hybridized carbons (Fsp3) is 0.343. The number of ether oxygens (including phenoxy) is 1. The van der Waals surface area contributed by atoms with Crippen molar-refractivity contribution in [3.8, 4) is 0 Å².